The summed E-state index contributed by atoms with van der Waals surface area (Å²) in [5.41, 5.74) is 11.7. The number of para-hydroxylation sites is 1. The number of aromatic amines is 1. The molecule has 3 aromatic carbocycles. The van der Waals surface area contributed by atoms with Crippen molar-refractivity contribution in [1.82, 2.24) is 15.2 Å². The quantitative estimate of drug-likeness (QED) is 0.234. The molecule has 1 aliphatic rings. The first kappa shape index (κ1) is 28.4. The number of primary amides is 1. The number of nitrogens with two attached hydrogens (primary N) is 1. The maximum absolute atomic E-state index is 12.6. The number of carbonyl (C=O) groups excluding carboxylic acids is 1. The van der Waals surface area contributed by atoms with Crippen LogP contribution in [-0.2, 0) is 13.0 Å². The highest BCUT2D eigenvalue weighted by Gasteiger charge is 2.24. The van der Waals surface area contributed by atoms with E-state index in [1.165, 1.54) is 5.56 Å². The van der Waals surface area contributed by atoms with Gasteiger partial charge in [0.25, 0.3) is 5.91 Å². The number of piperazine rings is 1. The van der Waals surface area contributed by atoms with Gasteiger partial charge in [0.15, 0.2) is 0 Å². The van der Waals surface area contributed by atoms with Crippen LogP contribution < -0.4 is 15.8 Å². The van der Waals surface area contributed by atoms with Gasteiger partial charge in [-0.2, -0.15) is 0 Å². The molecule has 1 amide bonds. The van der Waals surface area contributed by atoms with Gasteiger partial charge >= 0.3 is 0 Å². The van der Waals surface area contributed by atoms with E-state index in [1.54, 1.807) is 6.07 Å². The van der Waals surface area contributed by atoms with E-state index in [9.17, 15) is 9.90 Å². The number of aliphatic hydroxyl groups excluding tert-OH is 1. The summed E-state index contributed by atoms with van der Waals surface area (Å²) in [6, 6.07) is 20.0. The zero-order valence-electron chi connectivity index (χ0n) is 23.7. The third kappa shape index (κ3) is 6.98. The van der Waals surface area contributed by atoms with Crippen molar-refractivity contribution >= 4 is 16.8 Å². The second kappa shape index (κ2) is 13.0. The number of amides is 1. The predicted octanol–water partition coefficient (Wildman–Crippen LogP) is 4.18. The minimum atomic E-state index is -0.590. The van der Waals surface area contributed by atoms with Crippen molar-refractivity contribution in [3.8, 4) is 17.6 Å². The number of rotatable bonds is 9. The Kier molecular flexibility index (Phi) is 9.05. The molecule has 2 heterocycles. The minimum absolute atomic E-state index is 0.128. The smallest absolute Gasteiger partial charge is 0.252 e. The summed E-state index contributed by atoms with van der Waals surface area (Å²) in [6.45, 7) is 8.66. The average Bonchev–Trinajstić information content (AvgIpc) is 3.38. The van der Waals surface area contributed by atoms with E-state index in [2.05, 4.69) is 45.2 Å². The van der Waals surface area contributed by atoms with Crippen LogP contribution >= 0.6 is 0 Å². The Balaban J connectivity index is 1.50. The molecule has 0 spiro atoms. The molecule has 212 valence electrons. The Bertz CT molecular complexity index is 1570. The number of aliphatic hydroxyl groups is 1. The Morgan fingerprint density at radius 1 is 1.05 bits per heavy atom. The zero-order chi connectivity index (χ0) is 28.8. The van der Waals surface area contributed by atoms with Gasteiger partial charge < -0.3 is 25.9 Å². The van der Waals surface area contributed by atoms with Crippen LogP contribution in [0.15, 0.2) is 66.9 Å². The van der Waals surface area contributed by atoms with E-state index < -0.39 is 5.91 Å². The largest absolute Gasteiger partial charge is 0.490 e. The Morgan fingerprint density at radius 2 is 1.83 bits per heavy atom. The molecule has 7 heteroatoms. The van der Waals surface area contributed by atoms with Crippen LogP contribution in [0.3, 0.4) is 0 Å². The van der Waals surface area contributed by atoms with Crippen LogP contribution in [0.5, 0.6) is 5.75 Å². The van der Waals surface area contributed by atoms with Gasteiger partial charge in [0.1, 0.15) is 5.75 Å². The van der Waals surface area contributed by atoms with Crippen molar-refractivity contribution in [2.75, 3.05) is 32.8 Å². The molecule has 5 rings (SSSR count). The molecule has 0 saturated carbocycles. The van der Waals surface area contributed by atoms with Crippen molar-refractivity contribution < 1.29 is 14.6 Å². The van der Waals surface area contributed by atoms with Crippen molar-refractivity contribution in [3.05, 3.63) is 100 Å². The fourth-order valence-corrected chi connectivity index (χ4v) is 5.44. The summed E-state index contributed by atoms with van der Waals surface area (Å²) in [5, 5.41) is 15.1. The highest BCUT2D eigenvalue weighted by Crippen LogP contribution is 2.35. The minimum Gasteiger partial charge on any atom is -0.490 e. The van der Waals surface area contributed by atoms with E-state index in [4.69, 9.17) is 10.5 Å². The fourth-order valence-electron chi connectivity index (χ4n) is 5.44. The van der Waals surface area contributed by atoms with Gasteiger partial charge in [-0.25, -0.2) is 0 Å². The van der Waals surface area contributed by atoms with Crippen molar-refractivity contribution in [3.63, 3.8) is 0 Å². The summed E-state index contributed by atoms with van der Waals surface area (Å²) in [6.07, 6.45) is 2.34. The molecular weight excluding hydrogens is 512 g/mol. The van der Waals surface area contributed by atoms with E-state index >= 15 is 0 Å². The van der Waals surface area contributed by atoms with Gasteiger partial charge in [-0.05, 0) is 61.7 Å². The van der Waals surface area contributed by atoms with E-state index in [0.29, 0.717) is 17.7 Å². The van der Waals surface area contributed by atoms with Crippen LogP contribution in [0.1, 0.15) is 57.9 Å². The first-order valence-corrected chi connectivity index (χ1v) is 14.3. The van der Waals surface area contributed by atoms with Crippen molar-refractivity contribution in [2.24, 2.45) is 5.73 Å². The first-order chi connectivity index (χ1) is 19.9. The van der Waals surface area contributed by atoms with Gasteiger partial charge in [0.05, 0.1) is 18.3 Å². The number of aromatic nitrogens is 1. The standard InChI is InChI=1S/C34H38N4O3/c1-23(2)41-33-30(28(22-39)19-27-20-37-32-9-4-3-8-29(27)32)17-25(18-31(33)34(35)40)11-10-24-6-5-7-26(16-24)21-38-14-12-36-13-15-38/h3-9,16-18,20,23,28,36-37,39H,12-15,19,21-22H2,1-2H3,(H2,35,40)/t28-/m0/s1. The SMILES string of the molecule is CC(C)Oc1c(C(N)=O)cc(C#Cc2cccc(CN3CCNCC3)c2)cc1[C@H](CO)Cc1c[nH]c2ccccc12. The summed E-state index contributed by atoms with van der Waals surface area (Å²) >= 11 is 0. The Morgan fingerprint density at radius 3 is 2.59 bits per heavy atom. The molecule has 1 fully saturated rings. The molecule has 0 bridgehead atoms. The normalized spacial score (nSPS) is 14.5. The lowest BCUT2D eigenvalue weighted by Crippen LogP contribution is -2.42. The maximum atomic E-state index is 12.6. The molecule has 1 atom stereocenters. The molecule has 1 saturated heterocycles. The summed E-state index contributed by atoms with van der Waals surface area (Å²) in [7, 11) is 0. The van der Waals surface area contributed by atoms with Crippen LogP contribution in [0, 0.1) is 11.8 Å². The number of benzene rings is 3. The Labute approximate surface area is 241 Å². The molecule has 0 unspecified atom stereocenters. The van der Waals surface area contributed by atoms with E-state index in [0.717, 1.165) is 60.3 Å². The number of nitrogens with one attached hydrogen (secondary N) is 2. The first-order valence-electron chi connectivity index (χ1n) is 14.3. The lowest BCUT2D eigenvalue weighted by molar-refractivity contribution is 0.0994. The number of ether oxygens (including phenoxy) is 1. The molecule has 0 aliphatic carbocycles. The van der Waals surface area contributed by atoms with Gasteiger partial charge in [0.2, 0.25) is 0 Å². The van der Waals surface area contributed by atoms with Crippen LogP contribution in [0.4, 0.5) is 0 Å². The van der Waals surface area contributed by atoms with Gasteiger partial charge in [-0.15, -0.1) is 0 Å². The molecule has 4 aromatic rings. The second-order valence-electron chi connectivity index (χ2n) is 10.9. The number of nitrogens with zero attached hydrogens (tertiary/aromatic N) is 1. The van der Waals surface area contributed by atoms with Crippen molar-refractivity contribution in [2.45, 2.75) is 38.8 Å². The fraction of sp³-hybridized carbons (Fsp3) is 0.324. The molecule has 1 aliphatic heterocycles. The molecule has 41 heavy (non-hydrogen) atoms. The lowest BCUT2D eigenvalue weighted by atomic mass is 9.88. The number of carbonyl (C=O) groups is 1. The highest BCUT2D eigenvalue weighted by molar-refractivity contribution is 5.96. The molecule has 7 nitrogen and oxygen atoms in total. The number of hydrogen-bond acceptors (Lipinski definition) is 5. The van der Waals surface area contributed by atoms with E-state index in [1.807, 2.05) is 56.4 Å². The van der Waals surface area contributed by atoms with Crippen LogP contribution in [-0.4, -0.2) is 59.8 Å². The predicted molar refractivity (Wildman–Crippen MR) is 163 cm³/mol. The molecule has 5 N–H and O–H groups in total. The third-order valence-electron chi connectivity index (χ3n) is 7.43. The maximum Gasteiger partial charge on any atom is 0.252 e. The number of hydrogen-bond donors (Lipinski definition) is 4. The topological polar surface area (TPSA) is 104 Å². The average molecular weight is 551 g/mol. The molecular formula is C34H38N4O3. The Hall–Kier alpha value is -4.09. The van der Waals surface area contributed by atoms with E-state index in [-0.39, 0.29) is 24.2 Å². The van der Waals surface area contributed by atoms with Gasteiger partial charge in [-0.1, -0.05) is 42.2 Å². The summed E-state index contributed by atoms with van der Waals surface area (Å²) in [5.74, 6) is 6.02. The molecule has 1 aromatic heterocycles. The van der Waals surface area contributed by atoms with Crippen LogP contribution in [0.2, 0.25) is 0 Å². The van der Waals surface area contributed by atoms with Gasteiger partial charge in [0, 0.05) is 72.4 Å². The van der Waals surface area contributed by atoms with Crippen molar-refractivity contribution in [1.29, 1.82) is 0 Å². The third-order valence-corrected chi connectivity index (χ3v) is 7.43. The van der Waals surface area contributed by atoms with Crippen LogP contribution in [0.25, 0.3) is 10.9 Å². The lowest BCUT2D eigenvalue weighted by Gasteiger charge is -2.27. The monoisotopic (exact) mass is 550 g/mol. The number of fused-ring (bicyclic) bond motifs is 1. The second-order valence-corrected chi connectivity index (χ2v) is 10.9. The molecule has 0 radical (unpaired) electrons. The highest BCUT2D eigenvalue weighted by atomic mass is 16.5. The zero-order valence-corrected chi connectivity index (χ0v) is 23.7. The summed E-state index contributed by atoms with van der Waals surface area (Å²) in [4.78, 5) is 18.4. The van der Waals surface area contributed by atoms with Gasteiger partial charge in [-0.3, -0.25) is 9.69 Å². The number of H-pyrrole nitrogens is 1. The summed E-state index contributed by atoms with van der Waals surface area (Å²) < 4.78 is 6.16.